The van der Waals surface area contributed by atoms with E-state index in [0.29, 0.717) is 4.90 Å². The Balaban J connectivity index is 3.35. The smallest absolute Gasteiger partial charge is 0.193 e. The SMILES string of the molecule is Cc1ccc(S(=O)(=O)C(C)N)c(C)c1. The van der Waals surface area contributed by atoms with Gasteiger partial charge < -0.3 is 5.73 Å². The first-order valence-corrected chi connectivity index (χ1v) is 5.97. The van der Waals surface area contributed by atoms with Crippen molar-refractivity contribution in [3.8, 4) is 0 Å². The van der Waals surface area contributed by atoms with E-state index in [1.165, 1.54) is 6.92 Å². The van der Waals surface area contributed by atoms with Crippen LogP contribution in [0, 0.1) is 13.8 Å². The predicted molar refractivity (Wildman–Crippen MR) is 56.8 cm³/mol. The Morgan fingerprint density at radius 1 is 1.29 bits per heavy atom. The summed E-state index contributed by atoms with van der Waals surface area (Å²) in [5.74, 6) is 0. The summed E-state index contributed by atoms with van der Waals surface area (Å²) >= 11 is 0. The van der Waals surface area contributed by atoms with Gasteiger partial charge in [-0.25, -0.2) is 8.42 Å². The van der Waals surface area contributed by atoms with E-state index in [-0.39, 0.29) is 0 Å². The average molecular weight is 213 g/mol. The minimum absolute atomic E-state index is 0.332. The highest BCUT2D eigenvalue weighted by molar-refractivity contribution is 7.92. The Kier molecular flexibility index (Phi) is 2.97. The van der Waals surface area contributed by atoms with Crippen LogP contribution in [0.5, 0.6) is 0 Å². The van der Waals surface area contributed by atoms with Gasteiger partial charge in [-0.3, -0.25) is 0 Å². The van der Waals surface area contributed by atoms with Gasteiger partial charge in [0, 0.05) is 0 Å². The molecule has 3 nitrogen and oxygen atoms in total. The lowest BCUT2D eigenvalue weighted by Gasteiger charge is -2.10. The van der Waals surface area contributed by atoms with Crippen molar-refractivity contribution < 1.29 is 8.42 Å². The van der Waals surface area contributed by atoms with Crippen molar-refractivity contribution >= 4 is 9.84 Å². The Bertz CT molecular complexity index is 435. The van der Waals surface area contributed by atoms with Crippen LogP contribution in [-0.2, 0) is 9.84 Å². The summed E-state index contributed by atoms with van der Waals surface area (Å²) in [5.41, 5.74) is 7.22. The van der Waals surface area contributed by atoms with E-state index in [2.05, 4.69) is 0 Å². The predicted octanol–water partition coefficient (Wildman–Crippen LogP) is 1.38. The molecule has 0 aromatic heterocycles. The van der Waals surface area contributed by atoms with Gasteiger partial charge in [0.05, 0.1) is 4.90 Å². The zero-order valence-corrected chi connectivity index (χ0v) is 9.43. The molecule has 1 aromatic carbocycles. The van der Waals surface area contributed by atoms with Crippen LogP contribution in [0.3, 0.4) is 0 Å². The molecule has 0 heterocycles. The monoisotopic (exact) mass is 213 g/mol. The van der Waals surface area contributed by atoms with E-state index in [1.807, 2.05) is 13.0 Å². The maximum atomic E-state index is 11.7. The Labute approximate surface area is 84.9 Å². The summed E-state index contributed by atoms with van der Waals surface area (Å²) < 4.78 is 23.5. The van der Waals surface area contributed by atoms with Gasteiger partial charge in [0.1, 0.15) is 5.37 Å². The van der Waals surface area contributed by atoms with Crippen molar-refractivity contribution in [1.29, 1.82) is 0 Å². The van der Waals surface area contributed by atoms with Crippen LogP contribution in [0.2, 0.25) is 0 Å². The van der Waals surface area contributed by atoms with Crippen LogP contribution in [0.15, 0.2) is 23.1 Å². The molecule has 1 aromatic rings. The number of sulfone groups is 1. The highest BCUT2D eigenvalue weighted by atomic mass is 32.2. The molecule has 0 saturated carbocycles. The lowest BCUT2D eigenvalue weighted by Crippen LogP contribution is -2.27. The van der Waals surface area contributed by atoms with Crippen LogP contribution < -0.4 is 5.73 Å². The second-order valence-electron chi connectivity index (χ2n) is 3.52. The minimum Gasteiger partial charge on any atom is -0.315 e. The molecule has 0 aliphatic rings. The van der Waals surface area contributed by atoms with Gasteiger partial charge in [-0.05, 0) is 32.4 Å². The number of benzene rings is 1. The second-order valence-corrected chi connectivity index (χ2v) is 5.79. The molecular formula is C10H15NO2S. The quantitative estimate of drug-likeness (QED) is 0.807. The highest BCUT2D eigenvalue weighted by Gasteiger charge is 2.21. The first-order valence-electron chi connectivity index (χ1n) is 4.42. The highest BCUT2D eigenvalue weighted by Crippen LogP contribution is 2.19. The molecule has 4 heteroatoms. The molecule has 1 rings (SSSR count). The van der Waals surface area contributed by atoms with Crippen LogP contribution in [0.1, 0.15) is 18.1 Å². The topological polar surface area (TPSA) is 60.2 Å². The van der Waals surface area contributed by atoms with Crippen LogP contribution in [0.4, 0.5) is 0 Å². The van der Waals surface area contributed by atoms with Gasteiger partial charge in [0.25, 0.3) is 0 Å². The Hall–Kier alpha value is -0.870. The molecule has 0 amide bonds. The minimum atomic E-state index is -3.35. The number of hydrogen-bond acceptors (Lipinski definition) is 3. The Morgan fingerprint density at radius 3 is 2.29 bits per heavy atom. The zero-order chi connectivity index (χ0) is 10.9. The third kappa shape index (κ3) is 1.96. The molecule has 14 heavy (non-hydrogen) atoms. The van der Waals surface area contributed by atoms with E-state index >= 15 is 0 Å². The van der Waals surface area contributed by atoms with Gasteiger partial charge in [-0.2, -0.15) is 0 Å². The largest absolute Gasteiger partial charge is 0.315 e. The first kappa shape index (κ1) is 11.2. The summed E-state index contributed by atoms with van der Waals surface area (Å²) in [6.45, 7) is 5.19. The fraction of sp³-hybridized carbons (Fsp3) is 0.400. The fourth-order valence-corrected chi connectivity index (χ4v) is 2.48. The summed E-state index contributed by atoms with van der Waals surface area (Å²) in [7, 11) is -3.35. The molecule has 1 atom stereocenters. The summed E-state index contributed by atoms with van der Waals surface area (Å²) in [4.78, 5) is 0.332. The van der Waals surface area contributed by atoms with Crippen molar-refractivity contribution in [2.24, 2.45) is 5.73 Å². The van der Waals surface area contributed by atoms with Crippen molar-refractivity contribution in [2.45, 2.75) is 31.0 Å². The van der Waals surface area contributed by atoms with Crippen molar-refractivity contribution in [2.75, 3.05) is 0 Å². The van der Waals surface area contributed by atoms with Crippen molar-refractivity contribution in [3.63, 3.8) is 0 Å². The van der Waals surface area contributed by atoms with Gasteiger partial charge in [0.2, 0.25) is 0 Å². The summed E-state index contributed by atoms with van der Waals surface area (Å²) in [6.07, 6.45) is 0. The molecular weight excluding hydrogens is 198 g/mol. The molecule has 0 aliphatic heterocycles. The third-order valence-corrected chi connectivity index (χ3v) is 4.18. The molecule has 78 valence electrons. The summed E-state index contributed by atoms with van der Waals surface area (Å²) in [5, 5.41) is -0.857. The number of aryl methyl sites for hydroxylation is 2. The molecule has 0 radical (unpaired) electrons. The Morgan fingerprint density at radius 2 is 1.86 bits per heavy atom. The van der Waals surface area contributed by atoms with Crippen molar-refractivity contribution in [3.05, 3.63) is 29.3 Å². The molecule has 0 aliphatic carbocycles. The van der Waals surface area contributed by atoms with Gasteiger partial charge in [0.15, 0.2) is 9.84 Å². The molecule has 2 N–H and O–H groups in total. The maximum absolute atomic E-state index is 11.7. The van der Waals surface area contributed by atoms with E-state index in [4.69, 9.17) is 5.73 Å². The zero-order valence-electron chi connectivity index (χ0n) is 8.61. The normalized spacial score (nSPS) is 14.0. The van der Waals surface area contributed by atoms with Crippen LogP contribution in [-0.4, -0.2) is 13.8 Å². The van der Waals surface area contributed by atoms with Gasteiger partial charge in [-0.1, -0.05) is 17.7 Å². The summed E-state index contributed by atoms with van der Waals surface area (Å²) in [6, 6.07) is 5.24. The molecule has 1 unspecified atom stereocenters. The van der Waals surface area contributed by atoms with E-state index in [0.717, 1.165) is 11.1 Å². The maximum Gasteiger partial charge on any atom is 0.193 e. The van der Waals surface area contributed by atoms with Crippen LogP contribution >= 0.6 is 0 Å². The lowest BCUT2D eigenvalue weighted by atomic mass is 10.2. The number of nitrogens with two attached hydrogens (primary N) is 1. The van der Waals surface area contributed by atoms with E-state index < -0.39 is 15.2 Å². The van der Waals surface area contributed by atoms with Gasteiger partial charge >= 0.3 is 0 Å². The molecule has 0 bridgehead atoms. The lowest BCUT2D eigenvalue weighted by molar-refractivity contribution is 0.584. The second kappa shape index (κ2) is 3.71. The average Bonchev–Trinajstić information content (AvgIpc) is 2.02. The van der Waals surface area contributed by atoms with Crippen LogP contribution in [0.25, 0.3) is 0 Å². The number of hydrogen-bond donors (Lipinski definition) is 1. The molecule has 0 fully saturated rings. The van der Waals surface area contributed by atoms with E-state index in [1.54, 1.807) is 19.1 Å². The third-order valence-electron chi connectivity index (χ3n) is 2.13. The molecule has 0 saturated heterocycles. The van der Waals surface area contributed by atoms with E-state index in [9.17, 15) is 8.42 Å². The fourth-order valence-electron chi connectivity index (χ4n) is 1.32. The first-order chi connectivity index (χ1) is 6.35. The molecule has 0 spiro atoms. The number of rotatable bonds is 2. The van der Waals surface area contributed by atoms with Crippen molar-refractivity contribution in [1.82, 2.24) is 0 Å². The van der Waals surface area contributed by atoms with Gasteiger partial charge in [-0.15, -0.1) is 0 Å². The standard InChI is InChI=1S/C10H15NO2S/c1-7-4-5-10(8(2)6-7)14(12,13)9(3)11/h4-6,9H,11H2,1-3H3.